The molecule has 0 aromatic carbocycles. The van der Waals surface area contributed by atoms with Crippen LogP contribution in [0.3, 0.4) is 0 Å². The second-order valence-electron chi connectivity index (χ2n) is 8.45. The Morgan fingerprint density at radius 3 is 2.78 bits per heavy atom. The normalized spacial score (nSPS) is 28.4. The van der Waals surface area contributed by atoms with E-state index in [2.05, 4.69) is 6.92 Å². The van der Waals surface area contributed by atoms with Crippen molar-refractivity contribution in [3.8, 4) is 0 Å². The van der Waals surface area contributed by atoms with Gasteiger partial charge in [-0.2, -0.15) is 0 Å². The summed E-state index contributed by atoms with van der Waals surface area (Å²) >= 11 is 0. The molecule has 5 heteroatoms. The molecule has 0 spiro atoms. The van der Waals surface area contributed by atoms with E-state index in [0.717, 1.165) is 57.8 Å². The quantitative estimate of drug-likeness (QED) is 0.428. The molecule has 1 amide bonds. The van der Waals surface area contributed by atoms with Crippen LogP contribution in [0.25, 0.3) is 0 Å². The molecule has 0 aromatic rings. The van der Waals surface area contributed by atoms with Crippen LogP contribution in [0.4, 0.5) is 0 Å². The number of carbonyl (C=O) groups is 1. The van der Waals surface area contributed by atoms with Crippen molar-refractivity contribution >= 4 is 11.6 Å². The summed E-state index contributed by atoms with van der Waals surface area (Å²) in [4.78, 5) is 18.1. The van der Waals surface area contributed by atoms with Gasteiger partial charge in [0.15, 0.2) is 0 Å². The maximum atomic E-state index is 11.6. The molecule has 0 radical (unpaired) electrons. The molecule has 5 atom stereocenters. The molecule has 5 nitrogen and oxygen atoms in total. The van der Waals surface area contributed by atoms with Crippen LogP contribution in [0.15, 0.2) is 17.1 Å². The van der Waals surface area contributed by atoms with E-state index in [4.69, 9.17) is 4.99 Å². The molecule has 154 valence electrons. The molecular weight excluding hydrogens is 340 g/mol. The molecule has 27 heavy (non-hydrogen) atoms. The second-order valence-corrected chi connectivity index (χ2v) is 8.45. The molecule has 1 saturated carbocycles. The SMILES string of the molecule is CCCCC[C@H](O)/C=C/[C@@H]1[C@@H]2CC(CCCCC(=O)N(C)C)=N[C@H]2C[C@H]1O. The van der Waals surface area contributed by atoms with Crippen molar-refractivity contribution in [1.82, 2.24) is 4.90 Å². The van der Waals surface area contributed by atoms with Gasteiger partial charge in [-0.05, 0) is 44.4 Å². The lowest BCUT2D eigenvalue weighted by Crippen LogP contribution is -2.21. The zero-order chi connectivity index (χ0) is 19.8. The molecule has 0 saturated heterocycles. The van der Waals surface area contributed by atoms with Gasteiger partial charge in [0.25, 0.3) is 0 Å². The molecule has 0 bridgehead atoms. The number of hydrogen-bond donors (Lipinski definition) is 2. The summed E-state index contributed by atoms with van der Waals surface area (Å²) in [7, 11) is 3.59. The van der Waals surface area contributed by atoms with Gasteiger partial charge in [-0.1, -0.05) is 38.3 Å². The van der Waals surface area contributed by atoms with Crippen LogP contribution < -0.4 is 0 Å². The third-order valence-corrected chi connectivity index (χ3v) is 6.00. The number of nitrogens with zero attached hydrogens (tertiary/aromatic N) is 2. The first-order valence-corrected chi connectivity index (χ1v) is 10.7. The zero-order valence-electron chi connectivity index (χ0n) is 17.3. The van der Waals surface area contributed by atoms with Gasteiger partial charge in [0, 0.05) is 32.1 Å². The number of aliphatic imine (C=N–C) groups is 1. The van der Waals surface area contributed by atoms with Crippen LogP contribution in [0.5, 0.6) is 0 Å². The van der Waals surface area contributed by atoms with Gasteiger partial charge in [-0.3, -0.25) is 9.79 Å². The summed E-state index contributed by atoms with van der Waals surface area (Å²) in [6.07, 6.45) is 12.5. The topological polar surface area (TPSA) is 73.1 Å². The van der Waals surface area contributed by atoms with E-state index in [0.29, 0.717) is 12.3 Å². The minimum absolute atomic E-state index is 0.104. The molecule has 1 aliphatic heterocycles. The molecule has 2 rings (SSSR count). The highest BCUT2D eigenvalue weighted by atomic mass is 16.3. The Morgan fingerprint density at radius 1 is 1.30 bits per heavy atom. The fraction of sp³-hybridized carbons (Fsp3) is 0.818. The monoisotopic (exact) mass is 378 g/mol. The van der Waals surface area contributed by atoms with Crippen LogP contribution in [0, 0.1) is 11.8 Å². The minimum atomic E-state index is -0.404. The lowest BCUT2D eigenvalue weighted by Gasteiger charge is -2.17. The summed E-state index contributed by atoms with van der Waals surface area (Å²) in [6, 6.07) is 0.227. The molecule has 0 aromatic heterocycles. The summed E-state index contributed by atoms with van der Waals surface area (Å²) in [5.41, 5.74) is 1.25. The highest BCUT2D eigenvalue weighted by Gasteiger charge is 2.44. The third kappa shape index (κ3) is 6.72. The number of hydrogen-bond acceptors (Lipinski definition) is 4. The number of unbranched alkanes of at least 4 members (excludes halogenated alkanes) is 3. The second kappa shape index (κ2) is 11.0. The zero-order valence-corrected chi connectivity index (χ0v) is 17.3. The number of aliphatic hydroxyl groups excluding tert-OH is 2. The number of carbonyl (C=O) groups excluding carboxylic acids is 1. The first-order chi connectivity index (χ1) is 12.9. The van der Waals surface area contributed by atoms with E-state index in [-0.39, 0.29) is 24.0 Å². The van der Waals surface area contributed by atoms with Crippen LogP contribution >= 0.6 is 0 Å². The van der Waals surface area contributed by atoms with Gasteiger partial charge < -0.3 is 15.1 Å². The Kier molecular flexibility index (Phi) is 8.97. The lowest BCUT2D eigenvalue weighted by atomic mass is 9.88. The Morgan fingerprint density at radius 2 is 2.07 bits per heavy atom. The van der Waals surface area contributed by atoms with Gasteiger partial charge >= 0.3 is 0 Å². The Labute approximate surface area is 164 Å². The minimum Gasteiger partial charge on any atom is -0.392 e. The predicted molar refractivity (Wildman–Crippen MR) is 110 cm³/mol. The number of rotatable bonds is 11. The van der Waals surface area contributed by atoms with Crippen molar-refractivity contribution in [1.29, 1.82) is 0 Å². The van der Waals surface area contributed by atoms with Crippen molar-refractivity contribution in [3.05, 3.63) is 12.2 Å². The smallest absolute Gasteiger partial charge is 0.222 e. The van der Waals surface area contributed by atoms with Crippen LogP contribution in [-0.4, -0.2) is 59.1 Å². The largest absolute Gasteiger partial charge is 0.392 e. The van der Waals surface area contributed by atoms with Gasteiger partial charge in [0.2, 0.25) is 5.91 Å². The molecule has 1 fully saturated rings. The van der Waals surface area contributed by atoms with Crippen molar-refractivity contribution in [2.24, 2.45) is 16.8 Å². The van der Waals surface area contributed by atoms with E-state index in [1.807, 2.05) is 12.2 Å². The highest BCUT2D eigenvalue weighted by molar-refractivity contribution is 5.87. The van der Waals surface area contributed by atoms with Crippen LogP contribution in [0.1, 0.15) is 71.1 Å². The first kappa shape index (κ1) is 22.1. The number of aliphatic hydroxyl groups is 2. The molecule has 1 heterocycles. The van der Waals surface area contributed by atoms with Crippen LogP contribution in [0.2, 0.25) is 0 Å². The van der Waals surface area contributed by atoms with Crippen molar-refractivity contribution < 1.29 is 15.0 Å². The summed E-state index contributed by atoms with van der Waals surface area (Å²) < 4.78 is 0. The summed E-state index contributed by atoms with van der Waals surface area (Å²) in [6.45, 7) is 2.16. The van der Waals surface area contributed by atoms with Gasteiger partial charge in [-0.25, -0.2) is 0 Å². The predicted octanol–water partition coefficient (Wildman–Crippen LogP) is 3.34. The highest BCUT2D eigenvalue weighted by Crippen LogP contribution is 2.42. The van der Waals surface area contributed by atoms with Gasteiger partial charge in [-0.15, -0.1) is 0 Å². The first-order valence-electron chi connectivity index (χ1n) is 10.7. The van der Waals surface area contributed by atoms with Gasteiger partial charge in [0.05, 0.1) is 18.2 Å². The van der Waals surface area contributed by atoms with E-state index < -0.39 is 6.10 Å². The maximum Gasteiger partial charge on any atom is 0.222 e. The molecule has 2 N–H and O–H groups in total. The third-order valence-electron chi connectivity index (χ3n) is 6.00. The molecular formula is C22H38N2O3. The Balaban J connectivity index is 1.76. The lowest BCUT2D eigenvalue weighted by molar-refractivity contribution is -0.128. The molecule has 0 unspecified atom stereocenters. The van der Waals surface area contributed by atoms with Crippen molar-refractivity contribution in [2.75, 3.05) is 14.1 Å². The molecule has 2 aliphatic rings. The van der Waals surface area contributed by atoms with Gasteiger partial charge in [0.1, 0.15) is 0 Å². The number of amides is 1. The fourth-order valence-electron chi connectivity index (χ4n) is 4.32. The average molecular weight is 379 g/mol. The van der Waals surface area contributed by atoms with E-state index in [1.54, 1.807) is 19.0 Å². The Hall–Kier alpha value is -1.20. The summed E-state index contributed by atoms with van der Waals surface area (Å²) in [5, 5.41) is 20.5. The summed E-state index contributed by atoms with van der Waals surface area (Å²) in [5.74, 6) is 0.663. The number of fused-ring (bicyclic) bond motifs is 1. The standard InChI is InChI=1S/C22H38N2O3/c1-4-5-6-10-17(25)12-13-18-19-14-16(23-20(19)15-21(18)26)9-7-8-11-22(27)24(2)3/h12-13,17-21,25-26H,4-11,14-15H2,1-3H3/b13-12+/t17-,18+,19-,20-,21+/m0/s1. The van der Waals surface area contributed by atoms with Crippen molar-refractivity contribution in [2.45, 2.75) is 89.4 Å². The average Bonchev–Trinajstić information content (AvgIpc) is 3.13. The molecule has 1 aliphatic carbocycles. The van der Waals surface area contributed by atoms with E-state index in [1.165, 1.54) is 5.71 Å². The maximum absolute atomic E-state index is 11.6. The fourth-order valence-corrected chi connectivity index (χ4v) is 4.32. The van der Waals surface area contributed by atoms with Crippen molar-refractivity contribution in [3.63, 3.8) is 0 Å². The van der Waals surface area contributed by atoms with E-state index in [9.17, 15) is 15.0 Å². The Bertz CT molecular complexity index is 530. The van der Waals surface area contributed by atoms with Crippen LogP contribution in [-0.2, 0) is 4.79 Å². The van der Waals surface area contributed by atoms with E-state index >= 15 is 0 Å².